The molecule has 8 rings (SSSR count). The van der Waals surface area contributed by atoms with Gasteiger partial charge in [-0.15, -0.1) is 0 Å². The molecule has 34 heavy (non-hydrogen) atoms. The van der Waals surface area contributed by atoms with Crippen LogP contribution < -0.4 is 0 Å². The fourth-order valence-corrected chi connectivity index (χ4v) is 11.4. The summed E-state index contributed by atoms with van der Waals surface area (Å²) in [6.45, 7) is 4.43. The average Bonchev–Trinajstić information content (AvgIpc) is 3.59. The van der Waals surface area contributed by atoms with Crippen LogP contribution in [0.1, 0.15) is 117 Å². The zero-order valence-electron chi connectivity index (χ0n) is 21.4. The van der Waals surface area contributed by atoms with Gasteiger partial charge in [0.2, 0.25) is 0 Å². The Morgan fingerprint density at radius 3 is 1.38 bits per heavy atom. The molecule has 0 N–H and O–H groups in total. The third kappa shape index (κ3) is 2.95. The van der Waals surface area contributed by atoms with E-state index in [0.29, 0.717) is 30.1 Å². The standard InChI is InChI=1S/C30H44O4/c1-3-29(16-19-5-7-23(29)10-19)33-25(31)27-12-21-9-22(13-27)15-28(14-21,18-27)26(32)34-30(4-2)17-20-6-8-24(30)11-20/h19-24H,3-18H2,1-2H3. The normalized spacial score (nSPS) is 54.1. The van der Waals surface area contributed by atoms with E-state index in [2.05, 4.69) is 13.8 Å². The first kappa shape index (κ1) is 22.2. The van der Waals surface area contributed by atoms with Crippen molar-refractivity contribution in [1.82, 2.24) is 0 Å². The molecule has 8 saturated carbocycles. The maximum absolute atomic E-state index is 14.1. The van der Waals surface area contributed by atoms with E-state index in [1.54, 1.807) is 0 Å². The van der Waals surface area contributed by atoms with Crippen LogP contribution in [0.3, 0.4) is 0 Å². The lowest BCUT2D eigenvalue weighted by molar-refractivity contribution is -0.214. The highest BCUT2D eigenvalue weighted by Gasteiger charge is 2.66. The summed E-state index contributed by atoms with van der Waals surface area (Å²) in [6, 6.07) is 0. The van der Waals surface area contributed by atoms with Gasteiger partial charge in [-0.1, -0.05) is 13.8 Å². The molecule has 0 aliphatic heterocycles. The lowest BCUT2D eigenvalue weighted by Gasteiger charge is -2.60. The molecule has 0 spiro atoms. The summed E-state index contributed by atoms with van der Waals surface area (Å²) in [7, 11) is 0. The molecule has 6 unspecified atom stereocenters. The summed E-state index contributed by atoms with van der Waals surface area (Å²) in [5, 5.41) is 0. The van der Waals surface area contributed by atoms with Crippen LogP contribution in [0, 0.1) is 46.3 Å². The van der Waals surface area contributed by atoms with Crippen molar-refractivity contribution in [3.8, 4) is 0 Å². The molecule has 0 saturated heterocycles. The van der Waals surface area contributed by atoms with Crippen molar-refractivity contribution in [2.45, 2.75) is 128 Å². The van der Waals surface area contributed by atoms with Crippen LogP contribution in [0.5, 0.6) is 0 Å². The zero-order valence-corrected chi connectivity index (χ0v) is 21.4. The summed E-state index contributed by atoms with van der Waals surface area (Å²) in [5.41, 5.74) is -1.35. The predicted molar refractivity (Wildman–Crippen MR) is 129 cm³/mol. The number of carbonyl (C=O) groups excluding carboxylic acids is 2. The third-order valence-electron chi connectivity index (χ3n) is 12.6. The molecule has 8 fully saturated rings. The molecule has 6 atom stereocenters. The predicted octanol–water partition coefficient (Wildman–Crippen LogP) is 6.60. The number of hydrogen-bond acceptors (Lipinski definition) is 4. The van der Waals surface area contributed by atoms with Gasteiger partial charge in [-0.25, -0.2) is 0 Å². The van der Waals surface area contributed by atoms with E-state index in [-0.39, 0.29) is 23.1 Å². The Balaban J connectivity index is 1.14. The number of ether oxygens (including phenoxy) is 2. The summed E-state index contributed by atoms with van der Waals surface area (Å²) >= 11 is 0. The molecule has 188 valence electrons. The molecular formula is C30H44O4. The fourth-order valence-electron chi connectivity index (χ4n) is 11.4. The highest BCUT2D eigenvalue weighted by atomic mass is 16.6. The Morgan fingerprint density at radius 1 is 0.618 bits per heavy atom. The minimum absolute atomic E-state index is 0.0540. The average molecular weight is 469 g/mol. The molecule has 4 heteroatoms. The van der Waals surface area contributed by atoms with Gasteiger partial charge in [0.15, 0.2) is 0 Å². The Hall–Kier alpha value is -1.06. The van der Waals surface area contributed by atoms with Gasteiger partial charge in [-0.3, -0.25) is 9.59 Å². The molecular weight excluding hydrogens is 424 g/mol. The van der Waals surface area contributed by atoms with Gasteiger partial charge in [0.05, 0.1) is 10.8 Å². The lowest BCUT2D eigenvalue weighted by Crippen LogP contribution is -2.60. The van der Waals surface area contributed by atoms with E-state index in [0.717, 1.165) is 63.2 Å². The smallest absolute Gasteiger partial charge is 0.312 e. The number of fused-ring (bicyclic) bond motifs is 4. The number of hydrogen-bond donors (Lipinski definition) is 0. The SMILES string of the molecule is CCC1(OC(=O)C23CC4CC(C2)CC(C(=O)OC2(CC)CC5CCC2C5)(C4)C3)CC2CCC1C2. The second-order valence-corrected chi connectivity index (χ2v) is 14.3. The van der Waals surface area contributed by atoms with Crippen molar-refractivity contribution in [3.63, 3.8) is 0 Å². The van der Waals surface area contributed by atoms with Crippen molar-refractivity contribution < 1.29 is 19.1 Å². The summed E-state index contributed by atoms with van der Waals surface area (Å²) in [5.74, 6) is 3.69. The quantitative estimate of drug-likeness (QED) is 0.412. The van der Waals surface area contributed by atoms with E-state index in [4.69, 9.17) is 9.47 Å². The van der Waals surface area contributed by atoms with Crippen LogP contribution in [0.25, 0.3) is 0 Å². The molecule has 0 aromatic rings. The minimum Gasteiger partial charge on any atom is -0.458 e. The molecule has 8 bridgehead atoms. The third-order valence-corrected chi connectivity index (χ3v) is 12.6. The number of rotatable bonds is 6. The van der Waals surface area contributed by atoms with Crippen molar-refractivity contribution in [2.75, 3.05) is 0 Å². The number of carbonyl (C=O) groups is 2. The first-order chi connectivity index (χ1) is 16.3. The summed E-state index contributed by atoms with van der Waals surface area (Å²) < 4.78 is 13.2. The van der Waals surface area contributed by atoms with Gasteiger partial charge < -0.3 is 9.47 Å². The van der Waals surface area contributed by atoms with Crippen LogP contribution in [0.2, 0.25) is 0 Å². The highest BCUT2D eigenvalue weighted by molar-refractivity contribution is 5.83. The second-order valence-electron chi connectivity index (χ2n) is 14.3. The largest absolute Gasteiger partial charge is 0.458 e. The van der Waals surface area contributed by atoms with Crippen molar-refractivity contribution in [1.29, 1.82) is 0 Å². The highest BCUT2D eigenvalue weighted by Crippen LogP contribution is 2.67. The van der Waals surface area contributed by atoms with Crippen molar-refractivity contribution in [2.24, 2.45) is 46.3 Å². The second kappa shape index (κ2) is 7.25. The topological polar surface area (TPSA) is 52.6 Å². The van der Waals surface area contributed by atoms with Gasteiger partial charge in [0, 0.05) is 0 Å². The first-order valence-electron chi connectivity index (χ1n) is 14.8. The Bertz CT molecular complexity index is 812. The summed E-state index contributed by atoms with van der Waals surface area (Å²) in [6.07, 6.45) is 17.2. The molecule has 4 nitrogen and oxygen atoms in total. The van der Waals surface area contributed by atoms with Crippen LogP contribution >= 0.6 is 0 Å². The fraction of sp³-hybridized carbons (Fsp3) is 0.933. The molecule has 8 aliphatic carbocycles. The lowest BCUT2D eigenvalue weighted by atomic mass is 9.44. The van der Waals surface area contributed by atoms with Crippen molar-refractivity contribution >= 4 is 11.9 Å². The van der Waals surface area contributed by atoms with E-state index in [9.17, 15) is 9.59 Å². The van der Waals surface area contributed by atoms with Crippen LogP contribution in [-0.4, -0.2) is 23.1 Å². The Morgan fingerprint density at radius 2 is 1.06 bits per heavy atom. The molecule has 0 aromatic heterocycles. The van der Waals surface area contributed by atoms with Crippen LogP contribution in [0.15, 0.2) is 0 Å². The van der Waals surface area contributed by atoms with Crippen molar-refractivity contribution in [3.05, 3.63) is 0 Å². The molecule has 8 aliphatic rings. The number of esters is 2. The maximum atomic E-state index is 14.1. The Labute approximate surface area is 205 Å². The maximum Gasteiger partial charge on any atom is 0.312 e. The van der Waals surface area contributed by atoms with Gasteiger partial charge in [0.1, 0.15) is 11.2 Å². The van der Waals surface area contributed by atoms with Crippen LogP contribution in [0.4, 0.5) is 0 Å². The molecule has 0 heterocycles. The van der Waals surface area contributed by atoms with Gasteiger partial charge in [0.25, 0.3) is 0 Å². The molecule has 0 amide bonds. The van der Waals surface area contributed by atoms with Crippen LogP contribution in [-0.2, 0) is 19.1 Å². The molecule has 0 aromatic carbocycles. The molecule has 0 radical (unpaired) electrons. The van der Waals surface area contributed by atoms with E-state index < -0.39 is 10.8 Å². The Kier molecular flexibility index (Phi) is 4.73. The van der Waals surface area contributed by atoms with Gasteiger partial charge >= 0.3 is 11.9 Å². The first-order valence-corrected chi connectivity index (χ1v) is 14.8. The zero-order chi connectivity index (χ0) is 23.3. The van der Waals surface area contributed by atoms with E-state index in [1.807, 2.05) is 0 Å². The van der Waals surface area contributed by atoms with Gasteiger partial charge in [-0.2, -0.15) is 0 Å². The summed E-state index contributed by atoms with van der Waals surface area (Å²) in [4.78, 5) is 28.1. The van der Waals surface area contributed by atoms with E-state index >= 15 is 0 Å². The minimum atomic E-state index is -0.443. The van der Waals surface area contributed by atoms with E-state index in [1.165, 1.54) is 44.9 Å². The van der Waals surface area contributed by atoms with Gasteiger partial charge in [-0.05, 0) is 138 Å². The monoisotopic (exact) mass is 468 g/mol.